The van der Waals surface area contributed by atoms with E-state index in [1.807, 2.05) is 6.07 Å². The molecular weight excluding hydrogens is 417 g/mol. The Balaban J connectivity index is 2.13. The molecule has 112 valence electrons. The summed E-state index contributed by atoms with van der Waals surface area (Å²) in [6.45, 7) is 0.256. The largest absolute Gasteiger partial charge is 0.573 e. The van der Waals surface area contributed by atoms with Crippen molar-refractivity contribution in [1.82, 2.24) is 4.98 Å². The Bertz CT molecular complexity index is 635. The second kappa shape index (κ2) is 6.65. The zero-order chi connectivity index (χ0) is 15.5. The first-order chi connectivity index (χ1) is 9.85. The molecule has 3 nitrogen and oxygen atoms in total. The van der Waals surface area contributed by atoms with Crippen LogP contribution in [0.3, 0.4) is 0 Å². The van der Waals surface area contributed by atoms with E-state index >= 15 is 0 Å². The minimum Gasteiger partial charge on any atom is -0.404 e. The predicted octanol–water partition coefficient (Wildman–Crippen LogP) is 5.12. The molecule has 1 aromatic heterocycles. The molecule has 2 rings (SSSR count). The molecule has 0 aliphatic heterocycles. The van der Waals surface area contributed by atoms with Gasteiger partial charge in [0, 0.05) is 15.1 Å². The molecule has 1 heterocycles. The molecule has 0 aliphatic rings. The molecule has 21 heavy (non-hydrogen) atoms. The van der Waals surface area contributed by atoms with Gasteiger partial charge in [-0.3, -0.25) is 4.98 Å². The van der Waals surface area contributed by atoms with Crippen LogP contribution >= 0.6 is 31.9 Å². The highest BCUT2D eigenvalue weighted by Gasteiger charge is 2.32. The summed E-state index contributed by atoms with van der Waals surface area (Å²) in [5.41, 5.74) is 0.909. The van der Waals surface area contributed by atoms with Crippen molar-refractivity contribution in [3.8, 4) is 5.75 Å². The summed E-state index contributed by atoms with van der Waals surface area (Å²) in [5, 5.41) is 2.88. The maximum absolute atomic E-state index is 12.3. The van der Waals surface area contributed by atoms with E-state index in [0.29, 0.717) is 5.69 Å². The summed E-state index contributed by atoms with van der Waals surface area (Å²) in [6.07, 6.45) is -3.12. The summed E-state index contributed by atoms with van der Waals surface area (Å²) in [4.78, 5) is 4.18. The number of rotatable bonds is 4. The van der Waals surface area contributed by atoms with Crippen molar-refractivity contribution in [2.45, 2.75) is 12.9 Å². The van der Waals surface area contributed by atoms with Gasteiger partial charge in [0.25, 0.3) is 0 Å². The number of hydrogen-bond acceptors (Lipinski definition) is 3. The summed E-state index contributed by atoms with van der Waals surface area (Å²) >= 11 is 6.62. The molecule has 0 unspecified atom stereocenters. The van der Waals surface area contributed by atoms with Gasteiger partial charge >= 0.3 is 6.36 Å². The van der Waals surface area contributed by atoms with Gasteiger partial charge in [-0.05, 0) is 50.1 Å². The average Bonchev–Trinajstić information content (AvgIpc) is 2.37. The van der Waals surface area contributed by atoms with Gasteiger partial charge in [-0.15, -0.1) is 13.2 Å². The van der Waals surface area contributed by atoms with Crippen LogP contribution in [0.2, 0.25) is 0 Å². The Morgan fingerprint density at radius 3 is 2.57 bits per heavy atom. The summed E-state index contributed by atoms with van der Waals surface area (Å²) < 4.78 is 42.5. The molecule has 1 N–H and O–H groups in total. The molecule has 0 saturated heterocycles. The summed E-state index contributed by atoms with van der Waals surface area (Å²) in [6, 6.07) is 7.66. The van der Waals surface area contributed by atoms with E-state index in [9.17, 15) is 13.2 Å². The molecule has 8 heteroatoms. The Hall–Kier alpha value is -1.28. The van der Waals surface area contributed by atoms with E-state index in [2.05, 4.69) is 46.9 Å². The molecule has 1 aromatic carbocycles. The number of halogens is 5. The van der Waals surface area contributed by atoms with E-state index in [1.165, 1.54) is 18.2 Å². The SMILES string of the molecule is FC(F)(F)Oc1ccccc1NCc1ncc(Br)cc1Br. The maximum Gasteiger partial charge on any atom is 0.573 e. The first-order valence-corrected chi connectivity index (χ1v) is 7.32. The van der Waals surface area contributed by atoms with Crippen molar-refractivity contribution in [1.29, 1.82) is 0 Å². The molecule has 0 bridgehead atoms. The number of nitrogens with one attached hydrogen (secondary N) is 1. The number of anilines is 1. The van der Waals surface area contributed by atoms with Gasteiger partial charge in [0.15, 0.2) is 5.75 Å². The monoisotopic (exact) mass is 424 g/mol. The lowest BCUT2D eigenvalue weighted by Gasteiger charge is -2.14. The second-order valence-electron chi connectivity index (χ2n) is 3.98. The van der Waals surface area contributed by atoms with E-state index < -0.39 is 6.36 Å². The van der Waals surface area contributed by atoms with Crippen LogP contribution in [0.1, 0.15) is 5.69 Å². The molecule has 0 saturated carbocycles. The van der Waals surface area contributed by atoms with Crippen LogP contribution < -0.4 is 10.1 Å². The lowest BCUT2D eigenvalue weighted by Crippen LogP contribution is -2.18. The molecule has 0 spiro atoms. The molecule has 0 radical (unpaired) electrons. The van der Waals surface area contributed by atoms with Crippen molar-refractivity contribution in [3.05, 3.63) is 51.2 Å². The molecular formula is C13H9Br2F3N2O. The van der Waals surface area contributed by atoms with E-state index in [0.717, 1.165) is 8.95 Å². The normalized spacial score (nSPS) is 11.3. The fraction of sp³-hybridized carbons (Fsp3) is 0.154. The van der Waals surface area contributed by atoms with Gasteiger partial charge in [0.2, 0.25) is 0 Å². The highest BCUT2D eigenvalue weighted by atomic mass is 79.9. The summed E-state index contributed by atoms with van der Waals surface area (Å²) in [5.74, 6) is -0.279. The first kappa shape index (κ1) is 16.1. The van der Waals surface area contributed by atoms with Gasteiger partial charge in [-0.25, -0.2) is 0 Å². The topological polar surface area (TPSA) is 34.1 Å². The van der Waals surface area contributed by atoms with Crippen LogP contribution in [-0.4, -0.2) is 11.3 Å². The van der Waals surface area contributed by atoms with Crippen LogP contribution in [0.25, 0.3) is 0 Å². The number of pyridine rings is 1. The quantitative estimate of drug-likeness (QED) is 0.738. The van der Waals surface area contributed by atoms with E-state index in [4.69, 9.17) is 0 Å². The molecule has 0 fully saturated rings. The molecule has 0 amide bonds. The van der Waals surface area contributed by atoms with Crippen molar-refractivity contribution in [3.63, 3.8) is 0 Å². The van der Waals surface area contributed by atoms with Gasteiger partial charge in [0.1, 0.15) is 0 Å². The standard InChI is InChI=1S/C13H9Br2F3N2O/c14-8-5-9(15)11(19-6-8)7-20-10-3-1-2-4-12(10)21-13(16,17)18/h1-6,20H,7H2. The average molecular weight is 426 g/mol. The van der Waals surface area contributed by atoms with Crippen molar-refractivity contribution in [2.75, 3.05) is 5.32 Å². The smallest absolute Gasteiger partial charge is 0.404 e. The first-order valence-electron chi connectivity index (χ1n) is 5.74. The van der Waals surface area contributed by atoms with Gasteiger partial charge < -0.3 is 10.1 Å². The van der Waals surface area contributed by atoms with Crippen LogP contribution in [0, 0.1) is 0 Å². The number of para-hydroxylation sites is 2. The number of nitrogens with zero attached hydrogens (tertiary/aromatic N) is 1. The van der Waals surface area contributed by atoms with E-state index in [1.54, 1.807) is 12.3 Å². The van der Waals surface area contributed by atoms with Crippen molar-refractivity contribution in [2.24, 2.45) is 0 Å². The predicted molar refractivity (Wildman–Crippen MR) is 80.1 cm³/mol. The fourth-order valence-electron chi connectivity index (χ4n) is 1.58. The third kappa shape index (κ3) is 4.89. The van der Waals surface area contributed by atoms with Gasteiger partial charge in [-0.2, -0.15) is 0 Å². The Kier molecular flexibility index (Phi) is 5.10. The van der Waals surface area contributed by atoms with Crippen LogP contribution in [0.4, 0.5) is 18.9 Å². The third-order valence-corrected chi connectivity index (χ3v) is 3.56. The van der Waals surface area contributed by atoms with Crippen LogP contribution in [-0.2, 0) is 6.54 Å². The van der Waals surface area contributed by atoms with Crippen LogP contribution in [0.15, 0.2) is 45.5 Å². The second-order valence-corrected chi connectivity index (χ2v) is 5.75. The molecule has 2 aromatic rings. The molecule has 0 atom stereocenters. The van der Waals surface area contributed by atoms with Crippen molar-refractivity contribution >= 4 is 37.5 Å². The maximum atomic E-state index is 12.3. The number of alkyl halides is 3. The van der Waals surface area contributed by atoms with Gasteiger partial charge in [-0.1, -0.05) is 12.1 Å². The molecule has 0 aliphatic carbocycles. The van der Waals surface area contributed by atoms with E-state index in [-0.39, 0.29) is 18.0 Å². The number of benzene rings is 1. The highest BCUT2D eigenvalue weighted by molar-refractivity contribution is 9.11. The third-order valence-electron chi connectivity index (χ3n) is 2.44. The Labute approximate surface area is 135 Å². The number of hydrogen-bond donors (Lipinski definition) is 1. The van der Waals surface area contributed by atoms with Gasteiger partial charge in [0.05, 0.1) is 17.9 Å². The Morgan fingerprint density at radius 1 is 1.19 bits per heavy atom. The Morgan fingerprint density at radius 2 is 1.90 bits per heavy atom. The number of ether oxygens (including phenoxy) is 1. The minimum absolute atomic E-state index is 0.242. The number of aromatic nitrogens is 1. The van der Waals surface area contributed by atoms with Crippen LogP contribution in [0.5, 0.6) is 5.75 Å². The summed E-state index contributed by atoms with van der Waals surface area (Å²) in [7, 11) is 0. The highest BCUT2D eigenvalue weighted by Crippen LogP contribution is 2.30. The zero-order valence-corrected chi connectivity index (χ0v) is 13.6. The lowest BCUT2D eigenvalue weighted by molar-refractivity contribution is -0.274. The fourth-order valence-corrected chi connectivity index (χ4v) is 2.71. The minimum atomic E-state index is -4.73. The zero-order valence-electron chi connectivity index (χ0n) is 10.4. The van der Waals surface area contributed by atoms with Crippen molar-refractivity contribution < 1.29 is 17.9 Å². The lowest BCUT2D eigenvalue weighted by atomic mass is 10.2.